The zero-order valence-electron chi connectivity index (χ0n) is 11.1. The van der Waals surface area contributed by atoms with Crippen molar-refractivity contribution in [1.82, 2.24) is 9.80 Å². The van der Waals surface area contributed by atoms with E-state index in [0.717, 1.165) is 19.6 Å². The van der Waals surface area contributed by atoms with Gasteiger partial charge in [0.2, 0.25) is 0 Å². The second kappa shape index (κ2) is 13.0. The van der Waals surface area contributed by atoms with Crippen LogP contribution in [0, 0.1) is 0 Å². The largest absolute Gasteiger partial charge is 0 e. The minimum absolute atomic E-state index is 0. The van der Waals surface area contributed by atoms with E-state index in [2.05, 4.69) is 43.2 Å². The fourth-order valence-electron chi connectivity index (χ4n) is 1.32. The molecule has 0 fully saturated rings. The summed E-state index contributed by atoms with van der Waals surface area (Å²) in [6, 6.07) is 0. The summed E-state index contributed by atoms with van der Waals surface area (Å²) in [6.07, 6.45) is 1.25. The number of hydrogen-bond donors (Lipinski definition) is 0. The predicted octanol–water partition coefficient (Wildman–Crippen LogP) is 0.980. The van der Waals surface area contributed by atoms with Crippen molar-refractivity contribution in [2.45, 2.75) is 13.3 Å². The van der Waals surface area contributed by atoms with Crippen LogP contribution in [0.15, 0.2) is 0 Å². The fraction of sp³-hybridized carbons (Fsp3) is 0.909. The van der Waals surface area contributed by atoms with E-state index in [0.29, 0.717) is 0 Å². The van der Waals surface area contributed by atoms with Gasteiger partial charge in [0, 0.05) is 32.7 Å². The van der Waals surface area contributed by atoms with Gasteiger partial charge in [-0.05, 0) is 0 Å². The maximum atomic E-state index is 4.38. The number of nitrogens with zero attached hydrogens (tertiary/aromatic N) is 3. The van der Waals surface area contributed by atoms with Crippen molar-refractivity contribution in [3.63, 3.8) is 0 Å². The van der Waals surface area contributed by atoms with Crippen molar-refractivity contribution in [3.05, 3.63) is 5.32 Å². The zero-order valence-corrected chi connectivity index (χ0v) is 16.8. The maximum absolute atomic E-state index is 4.38. The topological polar surface area (TPSA) is 20.6 Å². The van der Waals surface area contributed by atoms with Crippen LogP contribution < -0.4 is 0 Å². The van der Waals surface area contributed by atoms with Gasteiger partial charge in [0.15, 0.2) is 0 Å². The summed E-state index contributed by atoms with van der Waals surface area (Å²) in [5.41, 5.74) is 0. The molecule has 0 rings (SSSR count). The molecule has 0 bridgehead atoms. The SMILES string of the molecule is CC[N-]C[C](=[W])CN(C)CCCN(C)C.[Y]. The molecule has 1 radical (unpaired) electrons. The van der Waals surface area contributed by atoms with Crippen molar-refractivity contribution in [2.24, 2.45) is 0 Å². The van der Waals surface area contributed by atoms with E-state index in [4.69, 9.17) is 0 Å². The smallest absolute Gasteiger partial charge is 0 e. The minimum atomic E-state index is 0. The van der Waals surface area contributed by atoms with Gasteiger partial charge < -0.3 is 0 Å². The molecule has 16 heavy (non-hydrogen) atoms. The third-order valence-electron chi connectivity index (χ3n) is 2.10. The van der Waals surface area contributed by atoms with Crippen molar-refractivity contribution >= 4 is 3.90 Å². The van der Waals surface area contributed by atoms with Gasteiger partial charge in [0.25, 0.3) is 0 Å². The van der Waals surface area contributed by atoms with Crippen LogP contribution >= 0.6 is 0 Å². The van der Waals surface area contributed by atoms with Gasteiger partial charge in [0.05, 0.1) is 0 Å². The Labute approximate surface area is 137 Å². The second-order valence-electron chi connectivity index (χ2n) is 4.13. The average molecular weight is 471 g/mol. The van der Waals surface area contributed by atoms with Gasteiger partial charge in [-0.2, -0.15) is 0 Å². The van der Waals surface area contributed by atoms with Crippen molar-refractivity contribution in [1.29, 1.82) is 0 Å². The average Bonchev–Trinajstić information content (AvgIpc) is 2.14. The van der Waals surface area contributed by atoms with Crippen LogP contribution in [0.5, 0.6) is 0 Å². The first-order valence-electron chi connectivity index (χ1n) is 5.54. The number of hydrogen-bond acceptors (Lipinski definition) is 2. The van der Waals surface area contributed by atoms with E-state index in [-0.39, 0.29) is 32.7 Å². The summed E-state index contributed by atoms with van der Waals surface area (Å²) in [5, 5.41) is 4.38. The van der Waals surface area contributed by atoms with Gasteiger partial charge >= 0.3 is 106 Å². The first kappa shape index (κ1) is 19.9. The Bertz CT molecular complexity index is 177. The molecule has 0 saturated heterocycles. The molecule has 93 valence electrons. The van der Waals surface area contributed by atoms with E-state index >= 15 is 0 Å². The van der Waals surface area contributed by atoms with Gasteiger partial charge in [-0.3, -0.25) is 0 Å². The van der Waals surface area contributed by atoms with Gasteiger partial charge in [-0.15, -0.1) is 0 Å². The molecule has 0 amide bonds. The van der Waals surface area contributed by atoms with Crippen LogP contribution in [0.25, 0.3) is 5.32 Å². The van der Waals surface area contributed by atoms with Crippen LogP contribution in [0.3, 0.4) is 0 Å². The van der Waals surface area contributed by atoms with E-state index in [1.165, 1.54) is 19.5 Å². The van der Waals surface area contributed by atoms with E-state index in [1.807, 2.05) is 0 Å². The molecule has 0 aromatic carbocycles. The summed E-state index contributed by atoms with van der Waals surface area (Å²) in [7, 11) is 6.45. The molecule has 0 N–H and O–H groups in total. The molecular formula is C11H24N3WY-. The molecule has 0 saturated carbocycles. The van der Waals surface area contributed by atoms with Gasteiger partial charge in [-0.25, -0.2) is 0 Å². The molecule has 3 nitrogen and oxygen atoms in total. The molecule has 0 atom stereocenters. The maximum Gasteiger partial charge on any atom is 0 e. The minimum Gasteiger partial charge on any atom is 0 e. The van der Waals surface area contributed by atoms with Crippen LogP contribution in [0.1, 0.15) is 13.3 Å². The van der Waals surface area contributed by atoms with Crippen molar-refractivity contribution in [2.75, 3.05) is 53.9 Å². The standard InChI is InChI=1S/C11H24N3.W.Y/c1-5-12-8-6-10-14(4)11-7-9-13(2)3;;/h5,7-11H2,1-4H3;;/q-1;;. The van der Waals surface area contributed by atoms with Crippen LogP contribution in [0.2, 0.25) is 0 Å². The third-order valence-corrected chi connectivity index (χ3v) is 3.03. The fourth-order valence-corrected chi connectivity index (χ4v) is 2.44. The molecule has 0 unspecified atom stereocenters. The summed E-state index contributed by atoms with van der Waals surface area (Å²) in [5.74, 6) is 0. The van der Waals surface area contributed by atoms with Crippen LogP contribution in [-0.2, 0) is 52.1 Å². The molecule has 0 aromatic heterocycles. The quantitative estimate of drug-likeness (QED) is 0.501. The normalized spacial score (nSPS) is 10.6. The van der Waals surface area contributed by atoms with Crippen molar-refractivity contribution in [3.8, 4) is 0 Å². The Balaban J connectivity index is 0. The van der Waals surface area contributed by atoms with E-state index in [1.54, 1.807) is 23.3 Å². The zero-order chi connectivity index (χ0) is 11.7. The molecule has 0 heterocycles. The molecule has 0 aliphatic carbocycles. The third kappa shape index (κ3) is 13.6. The molecular weight excluding hydrogens is 447 g/mol. The van der Waals surface area contributed by atoms with Gasteiger partial charge in [-0.1, -0.05) is 0 Å². The van der Waals surface area contributed by atoms with E-state index in [9.17, 15) is 0 Å². The molecule has 5 heteroatoms. The Hall–Kier alpha value is 1.54. The first-order chi connectivity index (χ1) is 7.06. The Morgan fingerprint density at radius 3 is 2.31 bits per heavy atom. The number of rotatable bonds is 9. The summed E-state index contributed by atoms with van der Waals surface area (Å²) in [4.78, 5) is 4.64. The van der Waals surface area contributed by atoms with Crippen LogP contribution in [0.4, 0.5) is 0 Å². The summed E-state index contributed by atoms with van der Waals surface area (Å²) >= 11 is 1.58. The second-order valence-corrected chi connectivity index (χ2v) is 6.21. The Morgan fingerprint density at radius 2 is 1.81 bits per heavy atom. The monoisotopic (exact) mass is 471 g/mol. The molecule has 0 spiro atoms. The summed E-state index contributed by atoms with van der Waals surface area (Å²) in [6.45, 7) is 7.48. The molecule has 0 aromatic rings. The first-order valence-corrected chi connectivity index (χ1v) is 7.01. The van der Waals surface area contributed by atoms with E-state index < -0.39 is 0 Å². The molecule has 0 aliphatic heterocycles. The predicted molar refractivity (Wildman–Crippen MR) is 64.4 cm³/mol. The Morgan fingerprint density at radius 1 is 1.19 bits per heavy atom. The van der Waals surface area contributed by atoms with Gasteiger partial charge in [0.1, 0.15) is 0 Å². The Kier molecular flexibility index (Phi) is 16.1. The van der Waals surface area contributed by atoms with Crippen LogP contribution in [-0.4, -0.2) is 67.6 Å². The molecule has 0 aliphatic rings. The summed E-state index contributed by atoms with van der Waals surface area (Å²) < 4.78 is 1.55. The van der Waals surface area contributed by atoms with Crippen molar-refractivity contribution < 1.29 is 52.1 Å².